The summed E-state index contributed by atoms with van der Waals surface area (Å²) in [7, 11) is 0. The number of pyridine rings is 1. The maximum absolute atomic E-state index is 8.96. The van der Waals surface area contributed by atoms with E-state index in [1.54, 1.807) is 12.3 Å². The number of rotatable bonds is 6. The van der Waals surface area contributed by atoms with Crippen LogP contribution in [0.25, 0.3) is 0 Å². The maximum atomic E-state index is 8.96. The summed E-state index contributed by atoms with van der Waals surface area (Å²) in [4.78, 5) is 16.1. The lowest BCUT2D eigenvalue weighted by Crippen LogP contribution is -2.33. The first-order valence-electron chi connectivity index (χ1n) is 11.9. The van der Waals surface area contributed by atoms with E-state index in [9.17, 15) is 0 Å². The third-order valence-corrected chi connectivity index (χ3v) is 6.70. The fourth-order valence-corrected chi connectivity index (χ4v) is 5.08. The summed E-state index contributed by atoms with van der Waals surface area (Å²) in [5, 5.41) is 17.0. The van der Waals surface area contributed by atoms with Gasteiger partial charge in [0.15, 0.2) is 0 Å². The van der Waals surface area contributed by atoms with Crippen LogP contribution in [0.2, 0.25) is 0 Å². The Morgan fingerprint density at radius 2 is 1.94 bits per heavy atom. The molecule has 170 valence electrons. The predicted octanol–water partition coefficient (Wildman–Crippen LogP) is 4.83. The number of anilines is 2. The summed E-state index contributed by atoms with van der Waals surface area (Å²) >= 11 is 0. The van der Waals surface area contributed by atoms with Crippen molar-refractivity contribution in [3.63, 3.8) is 0 Å². The summed E-state index contributed by atoms with van der Waals surface area (Å²) in [6.45, 7) is 3.89. The van der Waals surface area contributed by atoms with Crippen molar-refractivity contribution in [3.05, 3.63) is 59.6 Å². The highest BCUT2D eigenvalue weighted by Crippen LogP contribution is 2.33. The Balaban J connectivity index is 1.33. The van der Waals surface area contributed by atoms with Gasteiger partial charge in [-0.2, -0.15) is 10.4 Å². The second kappa shape index (κ2) is 9.67. The number of piperidine rings is 1. The molecule has 0 spiro atoms. The van der Waals surface area contributed by atoms with Crippen LogP contribution in [0.1, 0.15) is 79.8 Å². The van der Waals surface area contributed by atoms with Crippen LogP contribution in [0.5, 0.6) is 0 Å². The smallest absolute Gasteiger partial charge is 0.140 e. The van der Waals surface area contributed by atoms with Crippen molar-refractivity contribution in [2.75, 3.05) is 11.9 Å². The highest BCUT2D eigenvalue weighted by molar-refractivity contribution is 5.55. The van der Waals surface area contributed by atoms with Gasteiger partial charge in [-0.25, -0.2) is 15.0 Å². The van der Waals surface area contributed by atoms with Gasteiger partial charge in [0.25, 0.3) is 0 Å². The average Bonchev–Trinajstić information content (AvgIpc) is 3.52. The SMILES string of the molecule is Cc1nc(Nc2ccc(C#N)nc2)cc([C@@H]2CCCCN2Cc2cnn(C3CCCC3)c2)n1. The molecule has 0 radical (unpaired) electrons. The number of hydrogen-bond donors (Lipinski definition) is 1. The molecule has 1 N–H and O–H groups in total. The molecule has 0 bridgehead atoms. The Labute approximate surface area is 194 Å². The molecule has 1 atom stereocenters. The molecule has 1 aliphatic heterocycles. The lowest BCUT2D eigenvalue weighted by Gasteiger charge is -2.35. The molecule has 33 heavy (non-hydrogen) atoms. The van der Waals surface area contributed by atoms with E-state index in [0.717, 1.165) is 42.5 Å². The van der Waals surface area contributed by atoms with Gasteiger partial charge in [0.2, 0.25) is 0 Å². The molecule has 1 aliphatic carbocycles. The van der Waals surface area contributed by atoms with Gasteiger partial charge in [0.05, 0.1) is 35.9 Å². The molecular formula is C25H30N8. The number of likely N-dealkylation sites (tertiary alicyclic amines) is 1. The van der Waals surface area contributed by atoms with E-state index in [4.69, 9.17) is 10.2 Å². The van der Waals surface area contributed by atoms with E-state index in [0.29, 0.717) is 11.7 Å². The third kappa shape index (κ3) is 5.04. The highest BCUT2D eigenvalue weighted by atomic mass is 15.3. The first-order valence-corrected chi connectivity index (χ1v) is 11.9. The molecule has 3 aromatic heterocycles. The van der Waals surface area contributed by atoms with Crippen LogP contribution in [0.4, 0.5) is 11.5 Å². The molecule has 0 unspecified atom stereocenters. The number of nitriles is 1. The Bertz CT molecular complexity index is 1120. The molecule has 8 heteroatoms. The van der Waals surface area contributed by atoms with Gasteiger partial charge in [0.1, 0.15) is 23.4 Å². The van der Waals surface area contributed by atoms with Crippen LogP contribution in [0.15, 0.2) is 36.8 Å². The van der Waals surface area contributed by atoms with Crippen LogP contribution in [0.3, 0.4) is 0 Å². The van der Waals surface area contributed by atoms with Gasteiger partial charge in [-0.15, -0.1) is 0 Å². The van der Waals surface area contributed by atoms with Crippen LogP contribution in [-0.2, 0) is 6.54 Å². The molecule has 3 aromatic rings. The molecule has 5 rings (SSSR count). The minimum absolute atomic E-state index is 0.259. The predicted molar refractivity (Wildman–Crippen MR) is 126 cm³/mol. The molecule has 8 nitrogen and oxygen atoms in total. The van der Waals surface area contributed by atoms with E-state index in [2.05, 4.69) is 42.2 Å². The highest BCUT2D eigenvalue weighted by Gasteiger charge is 2.27. The third-order valence-electron chi connectivity index (χ3n) is 6.70. The second-order valence-electron chi connectivity index (χ2n) is 9.14. The molecule has 4 heterocycles. The average molecular weight is 443 g/mol. The summed E-state index contributed by atoms with van der Waals surface area (Å²) in [5.74, 6) is 1.50. The minimum Gasteiger partial charge on any atom is -0.339 e. The quantitative estimate of drug-likeness (QED) is 0.584. The van der Waals surface area contributed by atoms with E-state index >= 15 is 0 Å². The molecule has 2 fully saturated rings. The van der Waals surface area contributed by atoms with Gasteiger partial charge >= 0.3 is 0 Å². The zero-order valence-electron chi connectivity index (χ0n) is 19.1. The first-order chi connectivity index (χ1) is 16.2. The van der Waals surface area contributed by atoms with Crippen molar-refractivity contribution in [2.45, 2.75) is 70.5 Å². The van der Waals surface area contributed by atoms with Gasteiger partial charge in [-0.1, -0.05) is 19.3 Å². The monoisotopic (exact) mass is 442 g/mol. The minimum atomic E-state index is 0.259. The second-order valence-corrected chi connectivity index (χ2v) is 9.14. The standard InChI is InChI=1S/C25H30N8/c1-18-29-23(12-25(30-18)31-21-10-9-20(13-26)27-15-21)24-8-4-5-11-32(24)16-19-14-28-33(17-19)22-6-2-3-7-22/h9-10,12,14-15,17,22,24H,2-8,11,16H2,1H3,(H,29,30,31)/t24-/m0/s1. The number of aryl methyl sites for hydroxylation is 1. The lowest BCUT2D eigenvalue weighted by atomic mass is 9.98. The Morgan fingerprint density at radius 3 is 2.73 bits per heavy atom. The van der Waals surface area contributed by atoms with Crippen LogP contribution < -0.4 is 5.32 Å². The van der Waals surface area contributed by atoms with E-state index < -0.39 is 0 Å². The molecule has 0 aromatic carbocycles. The Kier molecular flexibility index (Phi) is 6.31. The van der Waals surface area contributed by atoms with Crippen molar-refractivity contribution >= 4 is 11.5 Å². The molecule has 1 saturated heterocycles. The Hall–Kier alpha value is -3.31. The number of nitrogens with one attached hydrogen (secondary N) is 1. The maximum Gasteiger partial charge on any atom is 0.140 e. The van der Waals surface area contributed by atoms with Gasteiger partial charge in [0, 0.05) is 24.4 Å². The van der Waals surface area contributed by atoms with E-state index in [1.807, 2.05) is 25.3 Å². The summed E-state index contributed by atoms with van der Waals surface area (Å²) < 4.78 is 2.18. The number of nitrogens with zero attached hydrogens (tertiary/aromatic N) is 7. The molecule has 1 saturated carbocycles. The van der Waals surface area contributed by atoms with Crippen molar-refractivity contribution in [2.24, 2.45) is 0 Å². The fraction of sp³-hybridized carbons (Fsp3) is 0.480. The molecular weight excluding hydrogens is 412 g/mol. The summed E-state index contributed by atoms with van der Waals surface area (Å²) in [5.41, 5.74) is 3.53. The van der Waals surface area contributed by atoms with Crippen molar-refractivity contribution in [1.82, 2.24) is 29.6 Å². The first kappa shape index (κ1) is 21.5. The van der Waals surface area contributed by atoms with Gasteiger partial charge < -0.3 is 5.32 Å². The van der Waals surface area contributed by atoms with Crippen molar-refractivity contribution in [3.8, 4) is 6.07 Å². The normalized spacial score (nSPS) is 19.5. The summed E-state index contributed by atoms with van der Waals surface area (Å²) in [6, 6.07) is 8.48. The topological polar surface area (TPSA) is 95.5 Å². The molecule has 2 aliphatic rings. The fourth-order valence-electron chi connectivity index (χ4n) is 5.08. The van der Waals surface area contributed by atoms with E-state index in [-0.39, 0.29) is 6.04 Å². The number of hydrogen-bond acceptors (Lipinski definition) is 7. The molecule has 0 amide bonds. The Morgan fingerprint density at radius 1 is 1.09 bits per heavy atom. The lowest BCUT2D eigenvalue weighted by molar-refractivity contribution is 0.137. The van der Waals surface area contributed by atoms with Crippen LogP contribution in [-0.4, -0.2) is 36.2 Å². The van der Waals surface area contributed by atoms with Crippen LogP contribution in [0, 0.1) is 18.3 Å². The van der Waals surface area contributed by atoms with Gasteiger partial charge in [-0.05, 0) is 51.3 Å². The van der Waals surface area contributed by atoms with Crippen molar-refractivity contribution < 1.29 is 0 Å². The van der Waals surface area contributed by atoms with Crippen molar-refractivity contribution in [1.29, 1.82) is 5.26 Å². The van der Waals surface area contributed by atoms with Crippen LogP contribution >= 0.6 is 0 Å². The number of aromatic nitrogens is 5. The van der Waals surface area contributed by atoms with Gasteiger partial charge in [-0.3, -0.25) is 9.58 Å². The summed E-state index contributed by atoms with van der Waals surface area (Å²) in [6.07, 6.45) is 14.6. The zero-order valence-corrected chi connectivity index (χ0v) is 19.1. The van der Waals surface area contributed by atoms with E-state index in [1.165, 1.54) is 44.1 Å². The zero-order chi connectivity index (χ0) is 22.6. The largest absolute Gasteiger partial charge is 0.339 e.